The molecule has 8 heteroatoms. The molecule has 0 spiro atoms. The van der Waals surface area contributed by atoms with Gasteiger partial charge in [-0.1, -0.05) is 13.5 Å². The molecule has 0 aliphatic heterocycles. The third-order valence-corrected chi connectivity index (χ3v) is 0.589. The molecular weight excluding hydrogens is 228 g/mol. The van der Waals surface area contributed by atoms with Crippen molar-refractivity contribution in [1.29, 1.82) is 0 Å². The molecule has 0 amide bonds. The van der Waals surface area contributed by atoms with Crippen molar-refractivity contribution in [1.82, 2.24) is 0 Å². The molecule has 0 aromatic heterocycles. The first-order chi connectivity index (χ1) is 6.56. The average Bonchev–Trinajstić information content (AvgIpc) is 2.01. The fourth-order valence-electron chi connectivity index (χ4n) is 0. The van der Waals surface area contributed by atoms with Crippen molar-refractivity contribution < 1.29 is 32.5 Å². The van der Waals surface area contributed by atoms with Crippen LogP contribution in [0.4, 0.5) is 0 Å². The molecule has 0 rings (SSSR count). The molecule has 0 fully saturated rings. The zero-order valence-corrected chi connectivity index (χ0v) is 9.36. The van der Waals surface area contributed by atoms with Gasteiger partial charge in [0.05, 0.1) is 0 Å². The number of carboxylic acids is 1. The van der Waals surface area contributed by atoms with E-state index >= 15 is 0 Å². The lowest BCUT2D eigenvalue weighted by molar-refractivity contribution is -0.132. The second-order valence-electron chi connectivity index (χ2n) is 2.26. The van der Waals surface area contributed by atoms with Gasteiger partial charge in [0.25, 0.3) is 0 Å². The summed E-state index contributed by atoms with van der Waals surface area (Å²) in [4.78, 5) is 9.60. The number of carboxylic acid groups (broad SMARTS) is 1. The summed E-state index contributed by atoms with van der Waals surface area (Å²) in [5, 5.41) is 15.8. The normalized spacial score (nSPS) is 8.87. The maximum atomic E-state index is 9.60. The van der Waals surface area contributed by atoms with Gasteiger partial charge in [-0.2, -0.15) is 8.42 Å². The van der Waals surface area contributed by atoms with Crippen molar-refractivity contribution in [3.05, 3.63) is 12.2 Å². The van der Waals surface area contributed by atoms with Gasteiger partial charge in [0.2, 0.25) is 0 Å². The number of rotatable bonds is 2. The van der Waals surface area contributed by atoms with Crippen molar-refractivity contribution >= 4 is 16.4 Å². The van der Waals surface area contributed by atoms with Gasteiger partial charge in [-0.25, -0.2) is 4.79 Å². The smallest absolute Gasteiger partial charge is 0.394 e. The first kappa shape index (κ1) is 19.6. The van der Waals surface area contributed by atoms with E-state index in [1.165, 1.54) is 6.92 Å². The fraction of sp³-hybridized carbons (Fsp3) is 0.571. The maximum Gasteiger partial charge on any atom is 0.394 e. The van der Waals surface area contributed by atoms with Crippen LogP contribution in [0.3, 0.4) is 0 Å². The minimum absolute atomic E-state index is 0.176. The van der Waals surface area contributed by atoms with E-state index in [4.69, 9.17) is 27.7 Å². The molecule has 0 saturated heterocycles. The first-order valence-electron chi connectivity index (χ1n) is 3.75. The molecule has 0 atom stereocenters. The number of hydrogen-bond acceptors (Lipinski definition) is 4. The highest BCUT2D eigenvalue weighted by Gasteiger charge is 1.90. The second-order valence-corrected chi connectivity index (χ2v) is 3.15. The number of aliphatic hydroxyl groups excluding tert-OH is 1. The van der Waals surface area contributed by atoms with Crippen molar-refractivity contribution in [3.63, 3.8) is 0 Å². The first-order valence-corrected chi connectivity index (χ1v) is 5.15. The zero-order valence-electron chi connectivity index (χ0n) is 8.54. The lowest BCUT2D eigenvalue weighted by Crippen LogP contribution is -1.92. The molecule has 92 valence electrons. The Bertz CT molecular complexity index is 245. The van der Waals surface area contributed by atoms with Crippen molar-refractivity contribution in [2.75, 3.05) is 6.61 Å². The van der Waals surface area contributed by atoms with Crippen LogP contribution in [0, 0.1) is 0 Å². The summed E-state index contributed by atoms with van der Waals surface area (Å²) in [6, 6.07) is 0. The summed E-state index contributed by atoms with van der Waals surface area (Å²) in [7, 11) is -4.67. The largest absolute Gasteiger partial charge is 0.478 e. The summed E-state index contributed by atoms with van der Waals surface area (Å²) in [6.45, 7) is 6.85. The van der Waals surface area contributed by atoms with Crippen LogP contribution in [0.2, 0.25) is 0 Å². The Morgan fingerprint density at radius 1 is 1.33 bits per heavy atom. The standard InChI is InChI=1S/C4H6O2.C3H8O.H2O4S/c1-3(2)4(5)6;1-2-3-4;1-5(2,3)4/h1H2,2H3,(H,5,6);4H,2-3H2,1H3;(H2,1,2,3,4). The number of aliphatic carboxylic acids is 1. The topological polar surface area (TPSA) is 132 Å². The molecule has 0 aromatic rings. The monoisotopic (exact) mass is 244 g/mol. The highest BCUT2D eigenvalue weighted by molar-refractivity contribution is 7.79. The van der Waals surface area contributed by atoms with Crippen LogP contribution in [-0.4, -0.2) is 40.3 Å². The summed E-state index contributed by atoms with van der Waals surface area (Å²) in [6.07, 6.45) is 0.875. The molecule has 0 radical (unpaired) electrons. The molecule has 0 heterocycles. The molecule has 0 aliphatic carbocycles. The Balaban J connectivity index is -0.000000147. The fourth-order valence-corrected chi connectivity index (χ4v) is 0. The van der Waals surface area contributed by atoms with Gasteiger partial charge in [0.15, 0.2) is 0 Å². The van der Waals surface area contributed by atoms with Gasteiger partial charge in [-0.3, -0.25) is 9.11 Å². The molecule has 0 saturated carbocycles. The number of hydrogen-bond donors (Lipinski definition) is 4. The van der Waals surface area contributed by atoms with Gasteiger partial charge in [-0.05, 0) is 13.3 Å². The molecule has 0 aliphatic rings. The third-order valence-electron chi connectivity index (χ3n) is 0.589. The molecular formula is C7H16O7S. The Morgan fingerprint density at radius 3 is 1.47 bits per heavy atom. The minimum atomic E-state index is -4.67. The summed E-state index contributed by atoms with van der Waals surface area (Å²) in [5.74, 6) is -0.935. The second kappa shape index (κ2) is 11.1. The Morgan fingerprint density at radius 2 is 1.47 bits per heavy atom. The molecule has 15 heavy (non-hydrogen) atoms. The van der Waals surface area contributed by atoms with E-state index in [1.54, 1.807) is 0 Å². The highest BCUT2D eigenvalue weighted by atomic mass is 32.3. The van der Waals surface area contributed by atoms with Crippen LogP contribution >= 0.6 is 0 Å². The SMILES string of the molecule is C=C(C)C(=O)O.CCCO.O=S(=O)(O)O. The van der Waals surface area contributed by atoms with Crippen LogP contribution in [-0.2, 0) is 15.2 Å². The summed E-state index contributed by atoms with van der Waals surface area (Å²) < 4.78 is 31.6. The molecule has 0 aromatic carbocycles. The quantitative estimate of drug-likeness (QED) is 0.407. The van der Waals surface area contributed by atoms with E-state index in [9.17, 15) is 4.79 Å². The molecule has 4 N–H and O–H groups in total. The van der Waals surface area contributed by atoms with Crippen LogP contribution in [0.15, 0.2) is 12.2 Å². The van der Waals surface area contributed by atoms with E-state index < -0.39 is 16.4 Å². The van der Waals surface area contributed by atoms with E-state index in [1.807, 2.05) is 6.92 Å². The van der Waals surface area contributed by atoms with Crippen molar-refractivity contribution in [2.24, 2.45) is 0 Å². The zero-order chi connectivity index (χ0) is 13.1. The van der Waals surface area contributed by atoms with Crippen LogP contribution in [0.25, 0.3) is 0 Å². The Hall–Kier alpha value is -0.960. The molecule has 0 bridgehead atoms. The molecule has 7 nitrogen and oxygen atoms in total. The Kier molecular flexibility index (Phi) is 14.5. The van der Waals surface area contributed by atoms with E-state index in [2.05, 4.69) is 6.58 Å². The van der Waals surface area contributed by atoms with Gasteiger partial charge < -0.3 is 10.2 Å². The van der Waals surface area contributed by atoms with E-state index in [-0.39, 0.29) is 5.57 Å². The van der Waals surface area contributed by atoms with Crippen LogP contribution in [0.1, 0.15) is 20.3 Å². The lowest BCUT2D eigenvalue weighted by Gasteiger charge is -1.79. The number of carbonyl (C=O) groups is 1. The van der Waals surface area contributed by atoms with Crippen LogP contribution in [0.5, 0.6) is 0 Å². The predicted molar refractivity (Wildman–Crippen MR) is 54.0 cm³/mol. The number of aliphatic hydroxyl groups is 1. The van der Waals surface area contributed by atoms with Gasteiger partial charge in [0.1, 0.15) is 0 Å². The van der Waals surface area contributed by atoms with E-state index in [0.29, 0.717) is 6.61 Å². The van der Waals surface area contributed by atoms with Gasteiger partial charge >= 0.3 is 16.4 Å². The third kappa shape index (κ3) is 97.4. The van der Waals surface area contributed by atoms with Gasteiger partial charge in [0, 0.05) is 12.2 Å². The molecule has 0 unspecified atom stereocenters. The highest BCUT2D eigenvalue weighted by Crippen LogP contribution is 1.81. The van der Waals surface area contributed by atoms with Crippen molar-refractivity contribution in [3.8, 4) is 0 Å². The predicted octanol–water partition coefficient (Wildman–Crippen LogP) is 0.383. The Labute approximate surface area is 88.6 Å². The average molecular weight is 244 g/mol. The summed E-state index contributed by atoms with van der Waals surface area (Å²) in [5.41, 5.74) is 0.176. The minimum Gasteiger partial charge on any atom is -0.478 e. The van der Waals surface area contributed by atoms with E-state index in [0.717, 1.165) is 6.42 Å². The maximum absolute atomic E-state index is 9.60. The summed E-state index contributed by atoms with van der Waals surface area (Å²) >= 11 is 0. The lowest BCUT2D eigenvalue weighted by atomic mass is 10.4. The van der Waals surface area contributed by atoms with Gasteiger partial charge in [-0.15, -0.1) is 0 Å². The van der Waals surface area contributed by atoms with Crippen molar-refractivity contribution in [2.45, 2.75) is 20.3 Å². The van der Waals surface area contributed by atoms with Crippen LogP contribution < -0.4 is 0 Å².